The molecule has 1 aromatic carbocycles. The van der Waals surface area contributed by atoms with Crippen LogP contribution in [0.4, 0.5) is 11.4 Å². The molecule has 1 aliphatic rings. The van der Waals surface area contributed by atoms with E-state index < -0.39 is 17.9 Å². The summed E-state index contributed by atoms with van der Waals surface area (Å²) in [6, 6.07) is 8.68. The van der Waals surface area contributed by atoms with Crippen molar-refractivity contribution in [3.63, 3.8) is 0 Å². The molecule has 0 unspecified atom stereocenters. The molecule has 3 N–H and O–H groups in total. The molecule has 8 heteroatoms. The van der Waals surface area contributed by atoms with Gasteiger partial charge in [0.15, 0.2) is 0 Å². The van der Waals surface area contributed by atoms with Gasteiger partial charge < -0.3 is 20.6 Å². The van der Waals surface area contributed by atoms with Crippen LogP contribution in [0.1, 0.15) is 30.9 Å². The van der Waals surface area contributed by atoms with Gasteiger partial charge in [-0.05, 0) is 53.4 Å². The number of amides is 3. The van der Waals surface area contributed by atoms with Crippen molar-refractivity contribution in [2.45, 2.75) is 25.4 Å². The predicted octanol–water partition coefficient (Wildman–Crippen LogP) is 2.05. The minimum absolute atomic E-state index is 0.0559. The van der Waals surface area contributed by atoms with Crippen molar-refractivity contribution in [2.75, 3.05) is 23.3 Å². The van der Waals surface area contributed by atoms with Gasteiger partial charge in [0.2, 0.25) is 5.91 Å². The highest BCUT2D eigenvalue weighted by Crippen LogP contribution is 2.24. The molecule has 3 rings (SSSR count). The molecule has 1 fully saturated rings. The van der Waals surface area contributed by atoms with Crippen LogP contribution in [-0.4, -0.2) is 35.9 Å². The number of hydrogen-bond acceptors (Lipinski definition) is 5. The van der Waals surface area contributed by atoms with E-state index in [4.69, 9.17) is 0 Å². The van der Waals surface area contributed by atoms with Crippen molar-refractivity contribution in [3.05, 3.63) is 46.7 Å². The Bertz CT molecular complexity index is 822. The van der Waals surface area contributed by atoms with Gasteiger partial charge in [0.25, 0.3) is 0 Å². The third kappa shape index (κ3) is 4.93. The maximum absolute atomic E-state index is 12.0. The fraction of sp³-hybridized carbons (Fsp3) is 0.316. The second-order valence-electron chi connectivity index (χ2n) is 6.27. The monoisotopic (exact) mass is 387 g/mol. The first-order chi connectivity index (χ1) is 13.0. The molecule has 0 bridgehead atoms. The summed E-state index contributed by atoms with van der Waals surface area (Å²) >= 11 is 1.49. The Hall–Kier alpha value is -2.71. The van der Waals surface area contributed by atoms with E-state index in [0.29, 0.717) is 30.8 Å². The van der Waals surface area contributed by atoms with Crippen molar-refractivity contribution in [1.29, 1.82) is 0 Å². The minimum Gasteiger partial charge on any atom is -0.388 e. The van der Waals surface area contributed by atoms with E-state index in [1.165, 1.54) is 11.3 Å². The van der Waals surface area contributed by atoms with Crippen LogP contribution in [0.25, 0.3) is 0 Å². The Morgan fingerprint density at radius 3 is 2.81 bits per heavy atom. The zero-order chi connectivity index (χ0) is 19.2. The number of nitrogens with zero attached hydrogens (tertiary/aromatic N) is 1. The van der Waals surface area contributed by atoms with E-state index in [2.05, 4.69) is 10.6 Å². The zero-order valence-electron chi connectivity index (χ0n) is 14.7. The lowest BCUT2D eigenvalue weighted by atomic mass is 10.1. The number of rotatable bonds is 6. The van der Waals surface area contributed by atoms with Crippen molar-refractivity contribution in [2.24, 2.45) is 0 Å². The number of nitrogens with one attached hydrogen (secondary N) is 2. The van der Waals surface area contributed by atoms with Crippen LogP contribution in [-0.2, 0) is 14.4 Å². The smallest absolute Gasteiger partial charge is 0.313 e. The maximum Gasteiger partial charge on any atom is 0.313 e. The number of thiophene rings is 1. The van der Waals surface area contributed by atoms with Crippen molar-refractivity contribution >= 4 is 40.4 Å². The molecule has 0 saturated carbocycles. The van der Waals surface area contributed by atoms with Gasteiger partial charge in [-0.3, -0.25) is 14.4 Å². The van der Waals surface area contributed by atoms with Crippen LogP contribution in [0.5, 0.6) is 0 Å². The number of aliphatic hydroxyl groups is 1. The summed E-state index contributed by atoms with van der Waals surface area (Å²) in [4.78, 5) is 37.5. The van der Waals surface area contributed by atoms with Crippen LogP contribution in [0, 0.1) is 0 Å². The largest absolute Gasteiger partial charge is 0.388 e. The normalized spacial score (nSPS) is 14.9. The molecule has 0 aliphatic carbocycles. The standard InChI is InChI=1S/C19H21N3O4S/c23-16(13-7-10-27-12-13)6-8-20-18(25)19(26)21-14-3-1-4-15(11-14)22-9-2-5-17(22)24/h1,3-4,7,10-12,16,23H,2,5-6,8-9H2,(H,20,25)(H,21,26)/t16-/m1/s1. The zero-order valence-corrected chi connectivity index (χ0v) is 15.5. The van der Waals surface area contributed by atoms with Gasteiger partial charge in [-0.1, -0.05) is 6.07 Å². The Kier molecular flexibility index (Phi) is 6.20. The molecule has 0 spiro atoms. The summed E-state index contributed by atoms with van der Waals surface area (Å²) in [5, 5.41) is 18.7. The van der Waals surface area contributed by atoms with Gasteiger partial charge in [-0.25, -0.2) is 0 Å². The van der Waals surface area contributed by atoms with E-state index >= 15 is 0 Å². The number of benzene rings is 1. The molecule has 2 heterocycles. The summed E-state index contributed by atoms with van der Waals surface area (Å²) < 4.78 is 0. The highest BCUT2D eigenvalue weighted by molar-refractivity contribution is 7.07. The number of hydrogen-bond donors (Lipinski definition) is 3. The Morgan fingerprint density at radius 2 is 2.11 bits per heavy atom. The summed E-state index contributed by atoms with van der Waals surface area (Å²) in [5.41, 5.74) is 1.95. The van der Waals surface area contributed by atoms with Crippen molar-refractivity contribution < 1.29 is 19.5 Å². The number of anilines is 2. The molecule has 3 amide bonds. The van der Waals surface area contributed by atoms with Crippen molar-refractivity contribution in [1.82, 2.24) is 5.32 Å². The van der Waals surface area contributed by atoms with E-state index in [0.717, 1.165) is 12.0 Å². The van der Waals surface area contributed by atoms with Crippen LogP contribution < -0.4 is 15.5 Å². The summed E-state index contributed by atoms with van der Waals surface area (Å²) in [7, 11) is 0. The van der Waals surface area contributed by atoms with Gasteiger partial charge in [-0.15, -0.1) is 0 Å². The SMILES string of the molecule is O=C(NCC[C@@H](O)c1ccsc1)C(=O)Nc1cccc(N2CCCC2=O)c1. The van der Waals surface area contributed by atoms with Crippen LogP contribution >= 0.6 is 11.3 Å². The molecule has 2 aromatic rings. The lowest BCUT2D eigenvalue weighted by Crippen LogP contribution is -2.36. The average Bonchev–Trinajstić information content (AvgIpc) is 3.33. The molecule has 1 aliphatic heterocycles. The van der Waals surface area contributed by atoms with Gasteiger partial charge >= 0.3 is 11.8 Å². The molecule has 0 radical (unpaired) electrons. The van der Waals surface area contributed by atoms with Crippen molar-refractivity contribution in [3.8, 4) is 0 Å². The number of aliphatic hydroxyl groups excluding tert-OH is 1. The van der Waals surface area contributed by atoms with E-state index in [9.17, 15) is 19.5 Å². The third-order valence-corrected chi connectivity index (χ3v) is 5.03. The molecule has 1 atom stereocenters. The average molecular weight is 387 g/mol. The lowest BCUT2D eigenvalue weighted by molar-refractivity contribution is -0.136. The second-order valence-corrected chi connectivity index (χ2v) is 7.05. The maximum atomic E-state index is 12.0. The van der Waals surface area contributed by atoms with Gasteiger partial charge in [0.05, 0.1) is 6.10 Å². The Morgan fingerprint density at radius 1 is 1.26 bits per heavy atom. The van der Waals surface area contributed by atoms with Crippen LogP contribution in [0.15, 0.2) is 41.1 Å². The molecular weight excluding hydrogens is 366 g/mol. The first kappa shape index (κ1) is 19.1. The fourth-order valence-corrected chi connectivity index (χ4v) is 3.60. The summed E-state index contributed by atoms with van der Waals surface area (Å²) in [6.45, 7) is 0.842. The minimum atomic E-state index is -0.787. The lowest BCUT2D eigenvalue weighted by Gasteiger charge is -2.16. The molecule has 1 saturated heterocycles. The third-order valence-electron chi connectivity index (χ3n) is 4.33. The van der Waals surface area contributed by atoms with E-state index in [1.807, 2.05) is 16.8 Å². The number of carbonyl (C=O) groups excluding carboxylic acids is 3. The van der Waals surface area contributed by atoms with Crippen LogP contribution in [0.3, 0.4) is 0 Å². The number of carbonyl (C=O) groups is 3. The quantitative estimate of drug-likeness (QED) is 0.661. The molecule has 7 nitrogen and oxygen atoms in total. The summed E-state index contributed by atoms with van der Waals surface area (Å²) in [6.07, 6.45) is 0.988. The topological polar surface area (TPSA) is 98.7 Å². The first-order valence-corrected chi connectivity index (χ1v) is 9.68. The molecule has 1 aromatic heterocycles. The molecular formula is C19H21N3O4S. The summed E-state index contributed by atoms with van der Waals surface area (Å²) in [5.74, 6) is -1.50. The van der Waals surface area contributed by atoms with E-state index in [-0.39, 0.29) is 12.5 Å². The Balaban J connectivity index is 1.49. The first-order valence-electron chi connectivity index (χ1n) is 8.74. The van der Waals surface area contributed by atoms with E-state index in [1.54, 1.807) is 29.2 Å². The predicted molar refractivity (Wildman–Crippen MR) is 104 cm³/mol. The van der Waals surface area contributed by atoms with Gasteiger partial charge in [0, 0.05) is 30.9 Å². The van der Waals surface area contributed by atoms with Gasteiger partial charge in [0.1, 0.15) is 0 Å². The molecule has 27 heavy (non-hydrogen) atoms. The highest BCUT2D eigenvalue weighted by Gasteiger charge is 2.22. The highest BCUT2D eigenvalue weighted by atomic mass is 32.1. The molecule has 142 valence electrons. The fourth-order valence-electron chi connectivity index (χ4n) is 2.89. The Labute approximate surface area is 161 Å². The van der Waals surface area contributed by atoms with Crippen LogP contribution in [0.2, 0.25) is 0 Å². The second kappa shape index (κ2) is 8.79. The van der Waals surface area contributed by atoms with Gasteiger partial charge in [-0.2, -0.15) is 11.3 Å².